The number of fused-ring (bicyclic) bond motifs is 1. The van der Waals surface area contributed by atoms with E-state index in [0.29, 0.717) is 12.2 Å². The molecule has 3 aromatic rings. The Morgan fingerprint density at radius 2 is 1.94 bits per heavy atom. The highest BCUT2D eigenvalue weighted by atomic mass is 35.5. The minimum absolute atomic E-state index is 0.669. The molecule has 1 aromatic carbocycles. The summed E-state index contributed by atoms with van der Waals surface area (Å²) >= 11 is 6.16. The standard InChI is InChI=1S/C14H12ClN3/c15-12-6-2-1-4-10(12)8-14-17-9-11-5-3-7-13(16)18(11)14/h1-7,9H,8,16H2. The fourth-order valence-electron chi connectivity index (χ4n) is 2.08. The summed E-state index contributed by atoms with van der Waals surface area (Å²) in [5, 5.41) is 0.753. The first-order chi connectivity index (χ1) is 8.75. The van der Waals surface area contributed by atoms with Crippen molar-refractivity contribution in [2.75, 3.05) is 5.73 Å². The highest BCUT2D eigenvalue weighted by molar-refractivity contribution is 6.31. The van der Waals surface area contributed by atoms with Crippen LogP contribution in [-0.2, 0) is 6.42 Å². The normalized spacial score (nSPS) is 10.9. The number of halogens is 1. The molecule has 0 saturated heterocycles. The van der Waals surface area contributed by atoms with Gasteiger partial charge in [0.1, 0.15) is 11.6 Å². The van der Waals surface area contributed by atoms with Crippen molar-refractivity contribution in [3.8, 4) is 0 Å². The monoisotopic (exact) mass is 257 g/mol. The second-order valence-corrected chi connectivity index (χ2v) is 4.56. The second-order valence-electron chi connectivity index (χ2n) is 4.15. The fourth-order valence-corrected chi connectivity index (χ4v) is 2.28. The zero-order valence-corrected chi connectivity index (χ0v) is 10.4. The maximum absolute atomic E-state index is 6.16. The Bertz CT molecular complexity index is 703. The molecule has 2 heterocycles. The molecule has 0 aliphatic rings. The lowest BCUT2D eigenvalue weighted by Crippen LogP contribution is -2.02. The van der Waals surface area contributed by atoms with Crippen LogP contribution < -0.4 is 5.73 Å². The van der Waals surface area contributed by atoms with Crippen LogP contribution in [0.15, 0.2) is 48.7 Å². The largest absolute Gasteiger partial charge is 0.385 e. The summed E-state index contributed by atoms with van der Waals surface area (Å²) in [5.41, 5.74) is 8.03. The smallest absolute Gasteiger partial charge is 0.119 e. The van der Waals surface area contributed by atoms with Gasteiger partial charge in [-0.25, -0.2) is 4.98 Å². The minimum atomic E-state index is 0.669. The lowest BCUT2D eigenvalue weighted by Gasteiger charge is -2.06. The molecule has 0 radical (unpaired) electrons. The van der Waals surface area contributed by atoms with E-state index in [2.05, 4.69) is 4.98 Å². The van der Waals surface area contributed by atoms with Gasteiger partial charge in [0.2, 0.25) is 0 Å². The quantitative estimate of drug-likeness (QED) is 0.766. The van der Waals surface area contributed by atoms with Crippen molar-refractivity contribution in [1.82, 2.24) is 9.38 Å². The van der Waals surface area contributed by atoms with Crippen molar-refractivity contribution >= 4 is 22.9 Å². The lowest BCUT2D eigenvalue weighted by atomic mass is 10.1. The number of hydrogen-bond acceptors (Lipinski definition) is 2. The van der Waals surface area contributed by atoms with E-state index in [-0.39, 0.29) is 0 Å². The van der Waals surface area contributed by atoms with Gasteiger partial charge in [-0.05, 0) is 23.8 Å². The topological polar surface area (TPSA) is 43.3 Å². The van der Waals surface area contributed by atoms with E-state index in [1.54, 1.807) is 0 Å². The summed E-state index contributed by atoms with van der Waals surface area (Å²) in [6.07, 6.45) is 2.49. The highest BCUT2D eigenvalue weighted by Gasteiger charge is 2.08. The molecule has 3 rings (SSSR count). The van der Waals surface area contributed by atoms with Gasteiger partial charge < -0.3 is 5.73 Å². The number of pyridine rings is 1. The molecule has 0 spiro atoms. The lowest BCUT2D eigenvalue weighted by molar-refractivity contribution is 0.969. The molecule has 0 aliphatic carbocycles. The average Bonchev–Trinajstić information content (AvgIpc) is 2.77. The van der Waals surface area contributed by atoms with Crippen molar-refractivity contribution in [1.29, 1.82) is 0 Å². The van der Waals surface area contributed by atoms with Crippen molar-refractivity contribution < 1.29 is 0 Å². The number of nitrogens with zero attached hydrogens (tertiary/aromatic N) is 2. The van der Waals surface area contributed by atoms with Crippen LogP contribution in [0, 0.1) is 0 Å². The molecule has 2 N–H and O–H groups in total. The van der Waals surface area contributed by atoms with Crippen LogP contribution in [-0.4, -0.2) is 9.38 Å². The first-order valence-electron chi connectivity index (χ1n) is 5.70. The zero-order chi connectivity index (χ0) is 12.5. The molecule has 4 heteroatoms. The van der Waals surface area contributed by atoms with E-state index < -0.39 is 0 Å². The van der Waals surface area contributed by atoms with Crippen molar-refractivity contribution in [2.24, 2.45) is 0 Å². The molecule has 0 bridgehead atoms. The number of imidazole rings is 1. The fraction of sp³-hybridized carbons (Fsp3) is 0.0714. The van der Waals surface area contributed by atoms with Crippen LogP contribution in [0.2, 0.25) is 5.02 Å². The van der Waals surface area contributed by atoms with Crippen LogP contribution in [0.25, 0.3) is 5.52 Å². The minimum Gasteiger partial charge on any atom is -0.385 e. The summed E-state index contributed by atoms with van der Waals surface area (Å²) in [7, 11) is 0. The summed E-state index contributed by atoms with van der Waals surface area (Å²) < 4.78 is 1.95. The van der Waals surface area contributed by atoms with Gasteiger partial charge in [0, 0.05) is 11.4 Å². The van der Waals surface area contributed by atoms with E-state index in [1.807, 2.05) is 53.1 Å². The SMILES string of the molecule is Nc1cccc2cnc(Cc3ccccc3Cl)n12. The van der Waals surface area contributed by atoms with Gasteiger partial charge in [-0.2, -0.15) is 0 Å². The number of nitrogen functional groups attached to an aromatic ring is 1. The number of rotatable bonds is 2. The highest BCUT2D eigenvalue weighted by Crippen LogP contribution is 2.20. The van der Waals surface area contributed by atoms with E-state index in [0.717, 1.165) is 21.9 Å². The van der Waals surface area contributed by atoms with Gasteiger partial charge in [0.15, 0.2) is 0 Å². The molecule has 0 fully saturated rings. The van der Waals surface area contributed by atoms with Crippen LogP contribution in [0.3, 0.4) is 0 Å². The number of aromatic nitrogens is 2. The Morgan fingerprint density at radius 1 is 1.11 bits per heavy atom. The van der Waals surface area contributed by atoms with Gasteiger partial charge in [-0.15, -0.1) is 0 Å². The predicted molar refractivity (Wildman–Crippen MR) is 73.9 cm³/mol. The second kappa shape index (κ2) is 4.35. The average molecular weight is 258 g/mol. The number of nitrogens with two attached hydrogens (primary N) is 1. The van der Waals surface area contributed by atoms with Gasteiger partial charge in [-0.3, -0.25) is 4.40 Å². The summed E-state index contributed by atoms with van der Waals surface area (Å²) in [5.74, 6) is 1.59. The van der Waals surface area contributed by atoms with E-state index in [1.165, 1.54) is 0 Å². The van der Waals surface area contributed by atoms with Crippen LogP contribution in [0.5, 0.6) is 0 Å². The van der Waals surface area contributed by atoms with E-state index in [9.17, 15) is 0 Å². The molecule has 18 heavy (non-hydrogen) atoms. The first-order valence-corrected chi connectivity index (χ1v) is 6.08. The summed E-state index contributed by atoms with van der Waals surface area (Å²) in [6.45, 7) is 0. The van der Waals surface area contributed by atoms with E-state index >= 15 is 0 Å². The first kappa shape index (κ1) is 11.1. The third kappa shape index (κ3) is 1.83. The Morgan fingerprint density at radius 3 is 2.78 bits per heavy atom. The van der Waals surface area contributed by atoms with Crippen molar-refractivity contribution in [2.45, 2.75) is 6.42 Å². The number of hydrogen-bond donors (Lipinski definition) is 1. The zero-order valence-electron chi connectivity index (χ0n) is 9.68. The third-order valence-corrected chi connectivity index (χ3v) is 3.33. The Labute approximate surface area is 110 Å². The Hall–Kier alpha value is -2.00. The van der Waals surface area contributed by atoms with Crippen molar-refractivity contribution in [3.05, 3.63) is 65.1 Å². The Kier molecular flexibility index (Phi) is 2.68. The maximum atomic E-state index is 6.16. The molecule has 0 atom stereocenters. The number of anilines is 1. The Balaban J connectivity index is 2.09. The summed E-state index contributed by atoms with van der Waals surface area (Å²) in [6, 6.07) is 13.6. The molecular weight excluding hydrogens is 246 g/mol. The molecule has 0 saturated carbocycles. The molecule has 2 aromatic heterocycles. The van der Waals surface area contributed by atoms with Gasteiger partial charge in [0.05, 0.1) is 11.7 Å². The summed E-state index contributed by atoms with van der Waals surface area (Å²) in [4.78, 5) is 4.42. The molecular formula is C14H12ClN3. The maximum Gasteiger partial charge on any atom is 0.119 e. The van der Waals surface area contributed by atoms with Gasteiger partial charge >= 0.3 is 0 Å². The molecule has 0 amide bonds. The van der Waals surface area contributed by atoms with Gasteiger partial charge in [-0.1, -0.05) is 35.9 Å². The van der Waals surface area contributed by atoms with Crippen LogP contribution >= 0.6 is 11.6 Å². The predicted octanol–water partition coefficient (Wildman–Crippen LogP) is 3.16. The molecule has 0 unspecified atom stereocenters. The van der Waals surface area contributed by atoms with Crippen LogP contribution in [0.1, 0.15) is 11.4 Å². The molecule has 90 valence electrons. The molecule has 3 nitrogen and oxygen atoms in total. The molecule has 0 aliphatic heterocycles. The number of benzene rings is 1. The van der Waals surface area contributed by atoms with Crippen molar-refractivity contribution in [3.63, 3.8) is 0 Å². The van der Waals surface area contributed by atoms with E-state index in [4.69, 9.17) is 17.3 Å². The third-order valence-electron chi connectivity index (χ3n) is 2.96. The van der Waals surface area contributed by atoms with Gasteiger partial charge in [0.25, 0.3) is 0 Å². The van der Waals surface area contributed by atoms with Crippen LogP contribution in [0.4, 0.5) is 5.82 Å².